The van der Waals surface area contributed by atoms with E-state index in [0.29, 0.717) is 12.3 Å². The number of hydrogen-bond donors (Lipinski definition) is 2. The fourth-order valence-electron chi connectivity index (χ4n) is 2.02. The summed E-state index contributed by atoms with van der Waals surface area (Å²) >= 11 is 0. The average molecular weight is 299 g/mol. The lowest BCUT2D eigenvalue weighted by molar-refractivity contribution is -0.123. The van der Waals surface area contributed by atoms with Crippen molar-refractivity contribution >= 4 is 16.9 Å². The number of H-pyrrole nitrogens is 1. The number of fused-ring (bicyclic) bond motifs is 1. The van der Waals surface area contributed by atoms with Gasteiger partial charge in [-0.1, -0.05) is 6.07 Å². The van der Waals surface area contributed by atoms with Crippen LogP contribution < -0.4 is 10.1 Å². The number of aromatic amines is 1. The Hall–Kier alpha value is -2.89. The fourth-order valence-corrected chi connectivity index (χ4v) is 2.02. The van der Waals surface area contributed by atoms with Crippen LogP contribution in [0.15, 0.2) is 48.8 Å². The standard InChI is InChI=1S/C16H14FN3O2/c17-12-2-4-13(5-3-12)22-9-16(21)18-8-11-1-6-14-15(7-11)20-10-19-14/h1-7,10H,8-9H2,(H,18,21)(H,19,20). The van der Waals surface area contributed by atoms with Gasteiger partial charge in [0.15, 0.2) is 6.61 Å². The highest BCUT2D eigenvalue weighted by atomic mass is 19.1. The lowest BCUT2D eigenvalue weighted by atomic mass is 10.2. The molecule has 112 valence electrons. The molecule has 22 heavy (non-hydrogen) atoms. The van der Waals surface area contributed by atoms with Gasteiger partial charge in [0, 0.05) is 6.54 Å². The van der Waals surface area contributed by atoms with Crippen molar-refractivity contribution in [1.29, 1.82) is 0 Å². The normalized spacial score (nSPS) is 10.6. The molecule has 0 aliphatic rings. The average Bonchev–Trinajstić information content (AvgIpc) is 3.00. The van der Waals surface area contributed by atoms with Gasteiger partial charge in [0.1, 0.15) is 11.6 Å². The Morgan fingerprint density at radius 1 is 1.23 bits per heavy atom. The number of carbonyl (C=O) groups excluding carboxylic acids is 1. The number of rotatable bonds is 5. The van der Waals surface area contributed by atoms with Crippen LogP contribution in [0.3, 0.4) is 0 Å². The van der Waals surface area contributed by atoms with Crippen molar-refractivity contribution < 1.29 is 13.9 Å². The molecule has 0 atom stereocenters. The zero-order valence-corrected chi connectivity index (χ0v) is 11.7. The van der Waals surface area contributed by atoms with Gasteiger partial charge in [0.25, 0.3) is 5.91 Å². The number of halogens is 1. The van der Waals surface area contributed by atoms with Crippen molar-refractivity contribution in [3.8, 4) is 5.75 Å². The fraction of sp³-hybridized carbons (Fsp3) is 0.125. The molecule has 0 aliphatic carbocycles. The number of ether oxygens (including phenoxy) is 1. The Labute approximate surface area is 126 Å². The molecule has 0 radical (unpaired) electrons. The van der Waals surface area contributed by atoms with Crippen LogP contribution >= 0.6 is 0 Å². The molecule has 0 aliphatic heterocycles. The lowest BCUT2D eigenvalue weighted by Crippen LogP contribution is -2.28. The van der Waals surface area contributed by atoms with Crippen LogP contribution in [0.25, 0.3) is 11.0 Å². The van der Waals surface area contributed by atoms with E-state index in [-0.39, 0.29) is 18.3 Å². The van der Waals surface area contributed by atoms with Crippen molar-refractivity contribution in [3.05, 3.63) is 60.2 Å². The quantitative estimate of drug-likeness (QED) is 0.760. The van der Waals surface area contributed by atoms with Gasteiger partial charge in [-0.25, -0.2) is 9.37 Å². The van der Waals surface area contributed by atoms with Crippen LogP contribution in [-0.2, 0) is 11.3 Å². The zero-order valence-electron chi connectivity index (χ0n) is 11.7. The van der Waals surface area contributed by atoms with Crippen LogP contribution in [0.1, 0.15) is 5.56 Å². The van der Waals surface area contributed by atoms with Crippen LogP contribution in [0.4, 0.5) is 4.39 Å². The third-order valence-corrected chi connectivity index (χ3v) is 3.16. The number of carbonyl (C=O) groups is 1. The smallest absolute Gasteiger partial charge is 0.258 e. The summed E-state index contributed by atoms with van der Waals surface area (Å²) in [5.41, 5.74) is 2.77. The summed E-state index contributed by atoms with van der Waals surface area (Å²) in [4.78, 5) is 18.9. The highest BCUT2D eigenvalue weighted by molar-refractivity contribution is 5.78. The van der Waals surface area contributed by atoms with Crippen molar-refractivity contribution in [1.82, 2.24) is 15.3 Å². The first-order chi connectivity index (χ1) is 10.7. The predicted molar refractivity (Wildman–Crippen MR) is 79.8 cm³/mol. The molecular formula is C16H14FN3O2. The third kappa shape index (κ3) is 3.41. The van der Waals surface area contributed by atoms with E-state index < -0.39 is 0 Å². The summed E-state index contributed by atoms with van der Waals surface area (Å²) in [7, 11) is 0. The number of nitrogens with one attached hydrogen (secondary N) is 2. The molecule has 1 amide bonds. The lowest BCUT2D eigenvalue weighted by Gasteiger charge is -2.07. The largest absolute Gasteiger partial charge is 0.484 e. The first kappa shape index (κ1) is 14.1. The summed E-state index contributed by atoms with van der Waals surface area (Å²) in [6.07, 6.45) is 1.63. The summed E-state index contributed by atoms with van der Waals surface area (Å²) < 4.78 is 18.0. The van der Waals surface area contributed by atoms with E-state index in [1.165, 1.54) is 24.3 Å². The van der Waals surface area contributed by atoms with Gasteiger partial charge in [-0.2, -0.15) is 0 Å². The molecule has 0 saturated heterocycles. The zero-order chi connectivity index (χ0) is 15.4. The number of amides is 1. The van der Waals surface area contributed by atoms with E-state index in [1.54, 1.807) is 6.33 Å². The molecule has 0 fully saturated rings. The van der Waals surface area contributed by atoms with Crippen molar-refractivity contribution in [2.24, 2.45) is 0 Å². The van der Waals surface area contributed by atoms with Crippen LogP contribution in [0, 0.1) is 5.82 Å². The Morgan fingerprint density at radius 2 is 2.05 bits per heavy atom. The van der Waals surface area contributed by atoms with Gasteiger partial charge in [0.05, 0.1) is 17.4 Å². The van der Waals surface area contributed by atoms with Crippen LogP contribution in [0.5, 0.6) is 5.75 Å². The number of aromatic nitrogens is 2. The minimum Gasteiger partial charge on any atom is -0.484 e. The maximum atomic E-state index is 12.7. The third-order valence-electron chi connectivity index (χ3n) is 3.16. The minimum absolute atomic E-state index is 0.113. The number of hydrogen-bond acceptors (Lipinski definition) is 3. The Balaban J connectivity index is 1.50. The van der Waals surface area contributed by atoms with E-state index >= 15 is 0 Å². The molecule has 1 aromatic heterocycles. The summed E-state index contributed by atoms with van der Waals surface area (Å²) in [5, 5.41) is 2.77. The Bertz CT molecular complexity index is 783. The molecule has 1 heterocycles. The molecule has 2 N–H and O–H groups in total. The van der Waals surface area contributed by atoms with Gasteiger partial charge in [-0.3, -0.25) is 4.79 Å². The number of imidazole rings is 1. The minimum atomic E-state index is -0.342. The molecule has 5 nitrogen and oxygen atoms in total. The van der Waals surface area contributed by atoms with E-state index in [2.05, 4.69) is 15.3 Å². The second kappa shape index (κ2) is 6.26. The van der Waals surface area contributed by atoms with E-state index in [9.17, 15) is 9.18 Å². The van der Waals surface area contributed by atoms with Gasteiger partial charge in [-0.15, -0.1) is 0 Å². The number of nitrogens with zero attached hydrogens (tertiary/aromatic N) is 1. The SMILES string of the molecule is O=C(COc1ccc(F)cc1)NCc1ccc2nc[nH]c2c1. The topological polar surface area (TPSA) is 67.0 Å². The van der Waals surface area contributed by atoms with E-state index in [1.807, 2.05) is 18.2 Å². The van der Waals surface area contributed by atoms with Gasteiger partial charge in [0.2, 0.25) is 0 Å². The molecular weight excluding hydrogens is 285 g/mol. The molecule has 6 heteroatoms. The molecule has 3 aromatic rings. The van der Waals surface area contributed by atoms with Crippen LogP contribution in [-0.4, -0.2) is 22.5 Å². The maximum Gasteiger partial charge on any atom is 0.258 e. The van der Waals surface area contributed by atoms with Crippen molar-refractivity contribution in [3.63, 3.8) is 0 Å². The molecule has 0 saturated carbocycles. The number of benzene rings is 2. The van der Waals surface area contributed by atoms with Crippen molar-refractivity contribution in [2.75, 3.05) is 6.61 Å². The molecule has 0 bridgehead atoms. The highest BCUT2D eigenvalue weighted by Crippen LogP contribution is 2.12. The second-order valence-electron chi connectivity index (χ2n) is 4.77. The summed E-state index contributed by atoms with van der Waals surface area (Å²) in [6.45, 7) is 0.290. The Kier molecular flexibility index (Phi) is 4.00. The van der Waals surface area contributed by atoms with E-state index in [0.717, 1.165) is 16.6 Å². The van der Waals surface area contributed by atoms with Crippen molar-refractivity contribution in [2.45, 2.75) is 6.54 Å². The summed E-state index contributed by atoms with van der Waals surface area (Å²) in [5.74, 6) is -0.129. The molecule has 3 rings (SSSR count). The molecule has 2 aromatic carbocycles. The highest BCUT2D eigenvalue weighted by Gasteiger charge is 2.04. The van der Waals surface area contributed by atoms with E-state index in [4.69, 9.17) is 4.74 Å². The molecule has 0 unspecified atom stereocenters. The summed E-state index contributed by atoms with van der Waals surface area (Å²) in [6, 6.07) is 11.3. The monoisotopic (exact) mass is 299 g/mol. The maximum absolute atomic E-state index is 12.7. The first-order valence-corrected chi connectivity index (χ1v) is 6.78. The second-order valence-corrected chi connectivity index (χ2v) is 4.77. The predicted octanol–water partition coefficient (Wildman–Crippen LogP) is 2.40. The van der Waals surface area contributed by atoms with Gasteiger partial charge < -0.3 is 15.0 Å². The van der Waals surface area contributed by atoms with Gasteiger partial charge in [-0.05, 0) is 42.0 Å². The van der Waals surface area contributed by atoms with Gasteiger partial charge >= 0.3 is 0 Å². The van der Waals surface area contributed by atoms with Crippen LogP contribution in [0.2, 0.25) is 0 Å². The molecule has 0 spiro atoms. The first-order valence-electron chi connectivity index (χ1n) is 6.78. The Morgan fingerprint density at radius 3 is 2.86 bits per heavy atom.